The number of carbonyl (C=O) groups is 1. The van der Waals surface area contributed by atoms with Crippen LogP contribution in [0, 0.1) is 0 Å². The summed E-state index contributed by atoms with van der Waals surface area (Å²) in [4.78, 5) is 11.2. The summed E-state index contributed by atoms with van der Waals surface area (Å²) in [5.74, 6) is 0.585. The van der Waals surface area contributed by atoms with Crippen molar-refractivity contribution in [2.75, 3.05) is 0 Å². The highest BCUT2D eigenvalue weighted by molar-refractivity contribution is 5.90. The van der Waals surface area contributed by atoms with E-state index in [4.69, 9.17) is 4.74 Å². The average molecular weight is 216 g/mol. The average Bonchev–Trinajstić information content (AvgIpc) is 2.30. The summed E-state index contributed by atoms with van der Waals surface area (Å²) in [6.07, 6.45) is 4.46. The Hall–Kier alpha value is -1.57. The molecule has 1 aliphatic rings. The zero-order chi connectivity index (χ0) is 11.4. The maximum absolute atomic E-state index is 11.2. The van der Waals surface area contributed by atoms with Crippen LogP contribution in [-0.4, -0.2) is 11.9 Å². The predicted molar refractivity (Wildman–Crippen MR) is 63.1 cm³/mol. The van der Waals surface area contributed by atoms with Gasteiger partial charge in [-0.05, 0) is 17.9 Å². The molecule has 84 valence electrons. The third-order valence-corrected chi connectivity index (χ3v) is 2.94. The van der Waals surface area contributed by atoms with Gasteiger partial charge in [0.2, 0.25) is 0 Å². The van der Waals surface area contributed by atoms with Crippen LogP contribution in [0.1, 0.15) is 31.2 Å². The van der Waals surface area contributed by atoms with Gasteiger partial charge >= 0.3 is 0 Å². The number of ketones is 1. The molecule has 0 saturated carbocycles. The largest absolute Gasteiger partial charge is 0.497 e. The van der Waals surface area contributed by atoms with Crippen molar-refractivity contribution in [2.24, 2.45) is 0 Å². The van der Waals surface area contributed by atoms with Crippen LogP contribution in [0.5, 0.6) is 0 Å². The monoisotopic (exact) mass is 216 g/mol. The molecule has 0 amide bonds. The molecule has 0 fully saturated rings. The molecule has 1 aromatic rings. The number of hydrogen-bond donors (Lipinski definition) is 0. The molecule has 1 aliphatic heterocycles. The van der Waals surface area contributed by atoms with Crippen molar-refractivity contribution in [3.63, 3.8) is 0 Å². The molecule has 0 aliphatic carbocycles. The van der Waals surface area contributed by atoms with Crippen LogP contribution in [0.15, 0.2) is 42.7 Å². The van der Waals surface area contributed by atoms with Gasteiger partial charge in [0.25, 0.3) is 0 Å². The Morgan fingerprint density at radius 2 is 2.12 bits per heavy atom. The van der Waals surface area contributed by atoms with E-state index in [1.807, 2.05) is 18.2 Å². The van der Waals surface area contributed by atoms with Crippen LogP contribution in [-0.2, 0) is 9.53 Å². The second-order valence-corrected chi connectivity index (χ2v) is 4.28. The second kappa shape index (κ2) is 4.97. The third-order valence-electron chi connectivity index (χ3n) is 2.94. The standard InChI is InChI=1S/C14H16O2/c1-11(12-5-3-2-4-6-12)9-14-10-13(15)7-8-16-14/h2-8,11,14H,9-10H2,1H3. The first-order valence-corrected chi connectivity index (χ1v) is 5.65. The van der Waals surface area contributed by atoms with Crippen molar-refractivity contribution in [3.05, 3.63) is 48.2 Å². The summed E-state index contributed by atoms with van der Waals surface area (Å²) in [5.41, 5.74) is 1.30. The van der Waals surface area contributed by atoms with Gasteiger partial charge in [-0.15, -0.1) is 0 Å². The zero-order valence-electron chi connectivity index (χ0n) is 9.43. The topological polar surface area (TPSA) is 26.3 Å². The number of rotatable bonds is 3. The van der Waals surface area contributed by atoms with Crippen LogP contribution < -0.4 is 0 Å². The number of benzene rings is 1. The fourth-order valence-electron chi connectivity index (χ4n) is 2.02. The zero-order valence-corrected chi connectivity index (χ0v) is 9.43. The molecule has 1 heterocycles. The first-order chi connectivity index (χ1) is 7.75. The number of hydrogen-bond acceptors (Lipinski definition) is 2. The summed E-state index contributed by atoms with van der Waals surface area (Å²) < 4.78 is 5.44. The lowest BCUT2D eigenvalue weighted by atomic mass is 9.93. The van der Waals surface area contributed by atoms with Gasteiger partial charge in [-0.2, -0.15) is 0 Å². The predicted octanol–water partition coefficient (Wildman–Crippen LogP) is 3.05. The van der Waals surface area contributed by atoms with E-state index in [1.54, 1.807) is 0 Å². The van der Waals surface area contributed by atoms with Crippen molar-refractivity contribution in [3.8, 4) is 0 Å². The molecule has 0 aromatic heterocycles. The fraction of sp³-hybridized carbons (Fsp3) is 0.357. The minimum atomic E-state index is 0.0349. The lowest BCUT2D eigenvalue weighted by Gasteiger charge is -2.22. The molecule has 2 nitrogen and oxygen atoms in total. The van der Waals surface area contributed by atoms with Gasteiger partial charge in [0.1, 0.15) is 6.10 Å². The number of carbonyl (C=O) groups excluding carboxylic acids is 1. The Morgan fingerprint density at radius 1 is 1.38 bits per heavy atom. The van der Waals surface area contributed by atoms with Crippen LogP contribution in [0.3, 0.4) is 0 Å². The normalized spacial score (nSPS) is 21.6. The molecular weight excluding hydrogens is 200 g/mol. The maximum Gasteiger partial charge on any atom is 0.162 e. The number of ether oxygens (including phenoxy) is 1. The van der Waals surface area contributed by atoms with E-state index in [9.17, 15) is 4.79 Å². The molecule has 1 aromatic carbocycles. The molecule has 0 spiro atoms. The summed E-state index contributed by atoms with van der Waals surface area (Å²) >= 11 is 0. The van der Waals surface area contributed by atoms with Gasteiger partial charge in [-0.25, -0.2) is 0 Å². The molecule has 0 bridgehead atoms. The smallest absolute Gasteiger partial charge is 0.162 e. The molecule has 2 unspecified atom stereocenters. The Bertz CT molecular complexity index is 381. The fourth-order valence-corrected chi connectivity index (χ4v) is 2.02. The molecule has 2 rings (SSSR count). The van der Waals surface area contributed by atoms with Crippen LogP contribution in [0.2, 0.25) is 0 Å². The summed E-state index contributed by atoms with van der Waals surface area (Å²) in [5, 5.41) is 0. The number of allylic oxidation sites excluding steroid dienone is 1. The van der Waals surface area contributed by atoms with Crippen molar-refractivity contribution in [1.82, 2.24) is 0 Å². The van der Waals surface area contributed by atoms with E-state index < -0.39 is 0 Å². The van der Waals surface area contributed by atoms with Crippen molar-refractivity contribution in [1.29, 1.82) is 0 Å². The lowest BCUT2D eigenvalue weighted by Crippen LogP contribution is -2.20. The summed E-state index contributed by atoms with van der Waals surface area (Å²) in [6.45, 7) is 2.17. The van der Waals surface area contributed by atoms with Gasteiger partial charge in [-0.1, -0.05) is 37.3 Å². The van der Waals surface area contributed by atoms with E-state index in [1.165, 1.54) is 17.9 Å². The second-order valence-electron chi connectivity index (χ2n) is 4.28. The first-order valence-electron chi connectivity index (χ1n) is 5.65. The van der Waals surface area contributed by atoms with E-state index in [-0.39, 0.29) is 11.9 Å². The van der Waals surface area contributed by atoms with Gasteiger partial charge in [-0.3, -0.25) is 4.79 Å². The highest BCUT2D eigenvalue weighted by Crippen LogP contribution is 2.24. The molecule has 2 heteroatoms. The lowest BCUT2D eigenvalue weighted by molar-refractivity contribution is -0.118. The van der Waals surface area contributed by atoms with Crippen molar-refractivity contribution >= 4 is 5.78 Å². The molecule has 0 radical (unpaired) electrons. The van der Waals surface area contributed by atoms with Crippen LogP contribution in [0.4, 0.5) is 0 Å². The van der Waals surface area contributed by atoms with E-state index in [0.29, 0.717) is 12.3 Å². The molecule has 16 heavy (non-hydrogen) atoms. The minimum absolute atomic E-state index is 0.0349. The van der Waals surface area contributed by atoms with E-state index in [2.05, 4.69) is 19.1 Å². The van der Waals surface area contributed by atoms with Crippen molar-refractivity contribution < 1.29 is 9.53 Å². The first kappa shape index (κ1) is 10.9. The highest BCUT2D eigenvalue weighted by atomic mass is 16.5. The van der Waals surface area contributed by atoms with Gasteiger partial charge in [0.05, 0.1) is 6.26 Å². The SMILES string of the molecule is CC(CC1CC(=O)C=CO1)c1ccccc1. The Morgan fingerprint density at radius 3 is 2.81 bits per heavy atom. The summed E-state index contributed by atoms with van der Waals surface area (Å²) in [7, 11) is 0. The quantitative estimate of drug-likeness (QED) is 0.776. The molecular formula is C14H16O2. The minimum Gasteiger partial charge on any atom is -0.497 e. The summed E-state index contributed by atoms with van der Waals surface area (Å²) in [6, 6.07) is 10.3. The van der Waals surface area contributed by atoms with Gasteiger partial charge in [0, 0.05) is 12.5 Å². The van der Waals surface area contributed by atoms with Gasteiger partial charge in [0.15, 0.2) is 5.78 Å². The Balaban J connectivity index is 1.95. The van der Waals surface area contributed by atoms with Crippen LogP contribution >= 0.6 is 0 Å². The van der Waals surface area contributed by atoms with Crippen LogP contribution in [0.25, 0.3) is 0 Å². The van der Waals surface area contributed by atoms with Gasteiger partial charge < -0.3 is 4.74 Å². The molecule has 0 saturated heterocycles. The highest BCUT2D eigenvalue weighted by Gasteiger charge is 2.19. The maximum atomic E-state index is 11.2. The van der Waals surface area contributed by atoms with Crippen molar-refractivity contribution in [2.45, 2.75) is 31.8 Å². The Kier molecular flexibility index (Phi) is 3.40. The molecule has 2 atom stereocenters. The van der Waals surface area contributed by atoms with E-state index >= 15 is 0 Å². The van der Waals surface area contributed by atoms with E-state index in [0.717, 1.165) is 6.42 Å². The molecule has 0 N–H and O–H groups in total. The Labute approximate surface area is 95.9 Å². The third kappa shape index (κ3) is 2.72.